The van der Waals surface area contributed by atoms with Crippen LogP contribution in [0.4, 0.5) is 0 Å². The zero-order chi connectivity index (χ0) is 23.0. The van der Waals surface area contributed by atoms with Crippen LogP contribution in [0, 0.1) is 6.92 Å². The predicted octanol–water partition coefficient (Wildman–Crippen LogP) is 3.45. The molecule has 4 atom stereocenters. The van der Waals surface area contributed by atoms with Crippen molar-refractivity contribution in [3.8, 4) is 0 Å². The first kappa shape index (κ1) is 26.0. The molecule has 0 aromatic heterocycles. The standard InChI is InChI=1S/C22H32BrNO6S/c1-5-18(23)19-8-6-7-9-20(28-15-22(25)24(3)4)21(30-19)14-29-31(26,27)17-12-10-16(2)11-13-17/h6-7,10-13,18-21H,5,8-9,14-15H2,1-4H3/b7-6-/t18-,19+,20-,21-/m0/s1. The summed E-state index contributed by atoms with van der Waals surface area (Å²) in [5, 5.41) is 0. The van der Waals surface area contributed by atoms with Gasteiger partial charge in [0, 0.05) is 18.9 Å². The van der Waals surface area contributed by atoms with Crippen LogP contribution in [0.2, 0.25) is 0 Å². The summed E-state index contributed by atoms with van der Waals surface area (Å²) in [5.74, 6) is -0.179. The third kappa shape index (κ3) is 7.98. The first-order valence-corrected chi connectivity index (χ1v) is 12.7. The molecule has 1 aromatic carbocycles. The number of carbonyl (C=O) groups is 1. The lowest BCUT2D eigenvalue weighted by atomic mass is 10.0. The maximum Gasteiger partial charge on any atom is 0.297 e. The van der Waals surface area contributed by atoms with Gasteiger partial charge in [-0.2, -0.15) is 8.42 Å². The van der Waals surface area contributed by atoms with Crippen LogP contribution in [-0.4, -0.2) is 69.7 Å². The maximum atomic E-state index is 12.7. The number of hydrogen-bond donors (Lipinski definition) is 0. The zero-order valence-corrected chi connectivity index (χ0v) is 20.9. The number of carbonyl (C=O) groups excluding carboxylic acids is 1. The molecule has 1 heterocycles. The summed E-state index contributed by atoms with van der Waals surface area (Å²) >= 11 is 3.64. The van der Waals surface area contributed by atoms with E-state index in [0.29, 0.717) is 12.8 Å². The van der Waals surface area contributed by atoms with Gasteiger partial charge in [0.15, 0.2) is 0 Å². The molecule has 1 aliphatic rings. The average Bonchev–Trinajstić information content (AvgIpc) is 2.72. The van der Waals surface area contributed by atoms with E-state index in [0.717, 1.165) is 12.0 Å². The van der Waals surface area contributed by atoms with Crippen LogP contribution in [0.3, 0.4) is 0 Å². The second-order valence-electron chi connectivity index (χ2n) is 7.77. The zero-order valence-electron chi connectivity index (χ0n) is 18.5. The van der Waals surface area contributed by atoms with Crippen molar-refractivity contribution >= 4 is 32.0 Å². The Bertz CT molecular complexity index is 840. The molecular weight excluding hydrogens is 486 g/mol. The molecule has 31 heavy (non-hydrogen) atoms. The summed E-state index contributed by atoms with van der Waals surface area (Å²) in [5.41, 5.74) is 0.957. The van der Waals surface area contributed by atoms with Gasteiger partial charge < -0.3 is 14.4 Å². The Balaban J connectivity index is 2.18. The highest BCUT2D eigenvalue weighted by Crippen LogP contribution is 2.25. The van der Waals surface area contributed by atoms with E-state index in [9.17, 15) is 13.2 Å². The highest BCUT2D eigenvalue weighted by molar-refractivity contribution is 9.09. The fourth-order valence-corrected chi connectivity index (χ4v) is 4.29. The molecule has 0 fully saturated rings. The number of benzene rings is 1. The molecule has 174 valence electrons. The van der Waals surface area contributed by atoms with Crippen LogP contribution in [0.25, 0.3) is 0 Å². The minimum absolute atomic E-state index is 0.0903. The molecule has 0 radical (unpaired) electrons. The number of rotatable bonds is 9. The highest BCUT2D eigenvalue weighted by atomic mass is 79.9. The van der Waals surface area contributed by atoms with Crippen molar-refractivity contribution in [3.05, 3.63) is 42.0 Å². The van der Waals surface area contributed by atoms with Gasteiger partial charge >= 0.3 is 0 Å². The Labute approximate surface area is 194 Å². The predicted molar refractivity (Wildman–Crippen MR) is 123 cm³/mol. The number of nitrogens with zero attached hydrogens (tertiary/aromatic N) is 1. The van der Waals surface area contributed by atoms with Crippen molar-refractivity contribution in [2.24, 2.45) is 0 Å². The van der Waals surface area contributed by atoms with Crippen LogP contribution in [0.5, 0.6) is 0 Å². The smallest absolute Gasteiger partial charge is 0.297 e. The third-order valence-electron chi connectivity index (χ3n) is 5.08. The van der Waals surface area contributed by atoms with E-state index in [-0.39, 0.29) is 34.9 Å². The van der Waals surface area contributed by atoms with E-state index in [2.05, 4.69) is 15.9 Å². The summed E-state index contributed by atoms with van der Waals surface area (Å²) in [6, 6.07) is 6.48. The molecular formula is C22H32BrNO6S. The van der Waals surface area contributed by atoms with Gasteiger partial charge in [-0.15, -0.1) is 0 Å². The van der Waals surface area contributed by atoms with Crippen LogP contribution in [0.15, 0.2) is 41.3 Å². The molecule has 0 N–H and O–H groups in total. The fourth-order valence-electron chi connectivity index (χ4n) is 3.03. The Morgan fingerprint density at radius 1 is 1.23 bits per heavy atom. The summed E-state index contributed by atoms with van der Waals surface area (Å²) in [6.07, 6.45) is 4.69. The molecule has 9 heteroatoms. The SMILES string of the molecule is CC[C@H](Br)[C@H]1C/C=C\C[C@H](OCC(=O)N(C)C)[C@H](COS(=O)(=O)c2ccc(C)cc2)O1. The Morgan fingerprint density at radius 3 is 2.48 bits per heavy atom. The van der Waals surface area contributed by atoms with Crippen molar-refractivity contribution in [1.82, 2.24) is 4.90 Å². The fraction of sp³-hybridized carbons (Fsp3) is 0.591. The quantitative estimate of drug-likeness (QED) is 0.283. The monoisotopic (exact) mass is 517 g/mol. The van der Waals surface area contributed by atoms with E-state index >= 15 is 0 Å². The largest absolute Gasteiger partial charge is 0.368 e. The van der Waals surface area contributed by atoms with Gasteiger partial charge in [-0.1, -0.05) is 52.7 Å². The molecule has 0 unspecified atom stereocenters. The van der Waals surface area contributed by atoms with E-state index in [1.165, 1.54) is 17.0 Å². The number of amides is 1. The number of halogens is 1. The van der Waals surface area contributed by atoms with E-state index < -0.39 is 22.3 Å². The van der Waals surface area contributed by atoms with Gasteiger partial charge in [0.2, 0.25) is 5.91 Å². The number of hydrogen-bond acceptors (Lipinski definition) is 6. The lowest BCUT2D eigenvalue weighted by molar-refractivity contribution is -0.145. The second-order valence-corrected chi connectivity index (χ2v) is 10.6. The molecule has 1 aliphatic heterocycles. The molecule has 0 saturated carbocycles. The maximum absolute atomic E-state index is 12.7. The first-order chi connectivity index (χ1) is 14.6. The van der Waals surface area contributed by atoms with Gasteiger partial charge in [0.05, 0.1) is 23.7 Å². The van der Waals surface area contributed by atoms with E-state index in [1.54, 1.807) is 26.2 Å². The summed E-state index contributed by atoms with van der Waals surface area (Å²) in [4.78, 5) is 13.6. The topological polar surface area (TPSA) is 82.1 Å². The average molecular weight is 518 g/mol. The van der Waals surface area contributed by atoms with Gasteiger partial charge in [-0.05, 0) is 38.3 Å². The third-order valence-corrected chi connectivity index (χ3v) is 7.61. The Hall–Kier alpha value is -1.26. The van der Waals surface area contributed by atoms with Gasteiger partial charge in [0.1, 0.15) is 12.7 Å². The number of alkyl halides is 1. The van der Waals surface area contributed by atoms with Crippen LogP contribution in [-0.2, 0) is 28.6 Å². The van der Waals surface area contributed by atoms with Crippen LogP contribution < -0.4 is 0 Å². The normalized spacial score (nSPS) is 24.1. The summed E-state index contributed by atoms with van der Waals surface area (Å²) < 4.78 is 42.8. The minimum atomic E-state index is -3.95. The lowest BCUT2D eigenvalue weighted by Gasteiger charge is -2.33. The van der Waals surface area contributed by atoms with E-state index in [4.69, 9.17) is 13.7 Å². The molecule has 1 amide bonds. The second kappa shape index (κ2) is 12.1. The molecule has 0 spiro atoms. The molecule has 0 bridgehead atoms. The van der Waals surface area contributed by atoms with Gasteiger partial charge in [-0.25, -0.2) is 0 Å². The summed E-state index contributed by atoms with van der Waals surface area (Å²) in [6.45, 7) is 3.61. The molecule has 0 aliphatic carbocycles. The van der Waals surface area contributed by atoms with Crippen molar-refractivity contribution in [2.45, 2.75) is 61.1 Å². The van der Waals surface area contributed by atoms with Crippen molar-refractivity contribution < 1.29 is 26.9 Å². The van der Waals surface area contributed by atoms with Crippen molar-refractivity contribution in [3.63, 3.8) is 0 Å². The van der Waals surface area contributed by atoms with Gasteiger partial charge in [-0.3, -0.25) is 8.98 Å². The molecule has 0 saturated heterocycles. The van der Waals surface area contributed by atoms with E-state index in [1.807, 2.05) is 26.0 Å². The van der Waals surface area contributed by atoms with Crippen molar-refractivity contribution in [2.75, 3.05) is 27.3 Å². The molecule has 7 nitrogen and oxygen atoms in total. The Kier molecular flexibility index (Phi) is 10.2. The number of aryl methyl sites for hydroxylation is 1. The minimum Gasteiger partial charge on any atom is -0.368 e. The lowest BCUT2D eigenvalue weighted by Crippen LogP contribution is -2.43. The Morgan fingerprint density at radius 2 is 1.87 bits per heavy atom. The summed E-state index contributed by atoms with van der Waals surface area (Å²) in [7, 11) is -0.640. The first-order valence-electron chi connectivity index (χ1n) is 10.4. The van der Waals surface area contributed by atoms with Crippen LogP contribution >= 0.6 is 15.9 Å². The molecule has 1 aromatic rings. The molecule has 2 rings (SSSR count). The van der Waals surface area contributed by atoms with Crippen molar-refractivity contribution in [1.29, 1.82) is 0 Å². The number of likely N-dealkylation sites (N-methyl/N-ethyl adjacent to an activating group) is 1. The van der Waals surface area contributed by atoms with Gasteiger partial charge in [0.25, 0.3) is 10.1 Å². The highest BCUT2D eigenvalue weighted by Gasteiger charge is 2.32. The number of ether oxygens (including phenoxy) is 2. The van der Waals surface area contributed by atoms with Crippen LogP contribution in [0.1, 0.15) is 31.7 Å².